The highest BCUT2D eigenvalue weighted by Crippen LogP contribution is 2.45. The highest BCUT2D eigenvalue weighted by atomic mass is 31.2. The van der Waals surface area contributed by atoms with Gasteiger partial charge in [-0.1, -0.05) is 402 Å². The lowest BCUT2D eigenvalue weighted by Gasteiger charge is -2.21. The second-order valence-corrected chi connectivity index (χ2v) is 35.6. The molecule has 0 rings (SSSR count). The van der Waals surface area contributed by atoms with Gasteiger partial charge in [-0.3, -0.25) is 37.3 Å². The molecule has 0 aromatic carbocycles. The summed E-state index contributed by atoms with van der Waals surface area (Å²) in [6.45, 7) is 14.3. The highest BCUT2D eigenvalue weighted by Gasteiger charge is 2.31. The van der Waals surface area contributed by atoms with Crippen LogP contribution in [-0.2, 0) is 65.4 Å². The molecular formula is C87H170O17P2. The van der Waals surface area contributed by atoms with Crippen molar-refractivity contribution in [2.75, 3.05) is 39.6 Å². The van der Waals surface area contributed by atoms with E-state index in [-0.39, 0.29) is 25.7 Å². The zero-order chi connectivity index (χ0) is 78.1. The van der Waals surface area contributed by atoms with Crippen molar-refractivity contribution in [1.82, 2.24) is 0 Å². The van der Waals surface area contributed by atoms with Crippen LogP contribution in [0.1, 0.15) is 453 Å². The Morgan fingerprint density at radius 2 is 0.453 bits per heavy atom. The number of aliphatic hydroxyl groups excluding tert-OH is 1. The third-order valence-electron chi connectivity index (χ3n) is 21.0. The van der Waals surface area contributed by atoms with Crippen LogP contribution in [0.2, 0.25) is 0 Å². The molecule has 0 saturated carbocycles. The molecular weight excluding hydrogens is 1380 g/mol. The summed E-state index contributed by atoms with van der Waals surface area (Å²) in [5.74, 6) is 1.08. The Hall–Kier alpha value is -1.94. The minimum absolute atomic E-state index is 0.107. The van der Waals surface area contributed by atoms with Gasteiger partial charge in [0.15, 0.2) is 12.2 Å². The number of phosphoric ester groups is 2. The van der Waals surface area contributed by atoms with E-state index in [0.29, 0.717) is 31.6 Å². The highest BCUT2D eigenvalue weighted by molar-refractivity contribution is 7.47. The first-order valence-electron chi connectivity index (χ1n) is 44.8. The third-order valence-corrected chi connectivity index (χ3v) is 22.9. The molecule has 0 spiro atoms. The van der Waals surface area contributed by atoms with Gasteiger partial charge in [-0.25, -0.2) is 9.13 Å². The molecule has 7 atom stereocenters. The number of aliphatic hydroxyl groups is 1. The molecule has 0 aliphatic heterocycles. The van der Waals surface area contributed by atoms with E-state index < -0.39 is 97.5 Å². The Kier molecular flexibility index (Phi) is 74.3. The number of carbonyl (C=O) groups excluding carboxylic acids is 4. The van der Waals surface area contributed by atoms with Gasteiger partial charge >= 0.3 is 39.5 Å². The molecule has 0 aromatic heterocycles. The largest absolute Gasteiger partial charge is 0.472 e. The summed E-state index contributed by atoms with van der Waals surface area (Å²) in [6, 6.07) is 0. The van der Waals surface area contributed by atoms with E-state index in [1.54, 1.807) is 0 Å². The number of unbranched alkanes of at least 4 members (excludes halogenated alkanes) is 48. The van der Waals surface area contributed by atoms with Crippen LogP contribution in [0.3, 0.4) is 0 Å². The van der Waals surface area contributed by atoms with Gasteiger partial charge in [-0.05, 0) is 49.4 Å². The number of ether oxygens (including phenoxy) is 4. The maximum atomic E-state index is 13.1. The fourth-order valence-electron chi connectivity index (χ4n) is 13.4. The average Bonchev–Trinajstić information content (AvgIpc) is 0.904. The topological polar surface area (TPSA) is 237 Å². The Labute approximate surface area is 651 Å². The van der Waals surface area contributed by atoms with Crippen molar-refractivity contribution in [3.05, 3.63) is 0 Å². The van der Waals surface area contributed by atoms with E-state index in [9.17, 15) is 43.2 Å². The molecule has 630 valence electrons. The standard InChI is InChI=1S/C87H170O17P2/c1-9-79(7)65-57-49-41-33-27-23-19-15-11-13-17-21-25-29-35-44-53-61-69-86(91)103-82(73-97-84(89)67-59-51-43-37-31-32-39-47-55-63-77(3)4)75-101-105(93,94)99-71-81(88)72-100-106(95,96)102-76-83(74-98-85(90)68-60-52-46-38-40-48-56-64-78(5)6)104-87(92)70-62-54-45-36-30-26-22-18-14-12-16-20-24-28-34-42-50-58-66-80(8)10-2/h77-83,88H,9-76H2,1-8H3,(H,93,94)(H,95,96)/t79?,80?,81?,82-,83-/m1/s1. The monoisotopic (exact) mass is 1550 g/mol. The zero-order valence-corrected chi connectivity index (χ0v) is 71.9. The molecule has 17 nitrogen and oxygen atoms in total. The van der Waals surface area contributed by atoms with Gasteiger partial charge in [0.2, 0.25) is 0 Å². The van der Waals surface area contributed by atoms with Crippen molar-refractivity contribution < 1.29 is 80.2 Å². The first-order valence-corrected chi connectivity index (χ1v) is 47.8. The molecule has 0 fully saturated rings. The van der Waals surface area contributed by atoms with Crippen molar-refractivity contribution in [3.63, 3.8) is 0 Å². The van der Waals surface area contributed by atoms with Crippen LogP contribution in [0.25, 0.3) is 0 Å². The maximum Gasteiger partial charge on any atom is 0.472 e. The molecule has 0 bridgehead atoms. The molecule has 0 radical (unpaired) electrons. The van der Waals surface area contributed by atoms with Gasteiger partial charge in [0, 0.05) is 25.7 Å². The molecule has 0 heterocycles. The Balaban J connectivity index is 5.16. The fourth-order valence-corrected chi connectivity index (χ4v) is 15.0. The fraction of sp³-hybridized carbons (Fsp3) is 0.954. The van der Waals surface area contributed by atoms with Gasteiger partial charge in [-0.2, -0.15) is 0 Å². The molecule has 0 amide bonds. The molecule has 5 unspecified atom stereocenters. The van der Waals surface area contributed by atoms with E-state index >= 15 is 0 Å². The second-order valence-electron chi connectivity index (χ2n) is 32.7. The minimum Gasteiger partial charge on any atom is -0.462 e. The predicted molar refractivity (Wildman–Crippen MR) is 437 cm³/mol. The normalized spacial score (nSPS) is 14.4. The summed E-state index contributed by atoms with van der Waals surface area (Å²) in [5.41, 5.74) is 0. The molecule has 0 aliphatic carbocycles. The lowest BCUT2D eigenvalue weighted by Crippen LogP contribution is -2.30. The summed E-state index contributed by atoms with van der Waals surface area (Å²) in [7, 11) is -9.93. The van der Waals surface area contributed by atoms with E-state index in [1.807, 2.05) is 0 Å². The van der Waals surface area contributed by atoms with Crippen LogP contribution < -0.4 is 0 Å². The molecule has 106 heavy (non-hydrogen) atoms. The van der Waals surface area contributed by atoms with Gasteiger partial charge in [-0.15, -0.1) is 0 Å². The lowest BCUT2D eigenvalue weighted by molar-refractivity contribution is -0.161. The van der Waals surface area contributed by atoms with E-state index in [4.69, 9.17) is 37.0 Å². The number of carbonyl (C=O) groups is 4. The average molecular weight is 1550 g/mol. The van der Waals surface area contributed by atoms with Gasteiger partial charge < -0.3 is 33.8 Å². The predicted octanol–water partition coefficient (Wildman–Crippen LogP) is 26.3. The Morgan fingerprint density at radius 1 is 0.264 bits per heavy atom. The first kappa shape index (κ1) is 104. The molecule has 19 heteroatoms. The van der Waals surface area contributed by atoms with Crippen LogP contribution >= 0.6 is 15.6 Å². The van der Waals surface area contributed by atoms with E-state index in [0.717, 1.165) is 114 Å². The van der Waals surface area contributed by atoms with Gasteiger partial charge in [0.1, 0.15) is 19.3 Å². The lowest BCUT2D eigenvalue weighted by atomic mass is 9.99. The number of hydrogen-bond acceptors (Lipinski definition) is 15. The molecule has 0 aromatic rings. The van der Waals surface area contributed by atoms with Gasteiger partial charge in [0.05, 0.1) is 26.4 Å². The van der Waals surface area contributed by atoms with Crippen molar-refractivity contribution in [3.8, 4) is 0 Å². The summed E-state index contributed by atoms with van der Waals surface area (Å²) in [5, 5.41) is 10.7. The van der Waals surface area contributed by atoms with Crippen LogP contribution in [0.4, 0.5) is 0 Å². The number of hydrogen-bond donors (Lipinski definition) is 3. The van der Waals surface area contributed by atoms with E-state index in [1.165, 1.54) is 250 Å². The molecule has 3 N–H and O–H groups in total. The summed E-state index contributed by atoms with van der Waals surface area (Å²) >= 11 is 0. The van der Waals surface area contributed by atoms with Crippen molar-refractivity contribution in [2.45, 2.75) is 472 Å². The summed E-state index contributed by atoms with van der Waals surface area (Å²) in [6.07, 6.45) is 65.4. The molecule has 0 saturated heterocycles. The van der Waals surface area contributed by atoms with Crippen LogP contribution in [0.5, 0.6) is 0 Å². The zero-order valence-electron chi connectivity index (χ0n) is 70.1. The van der Waals surface area contributed by atoms with Crippen molar-refractivity contribution in [1.29, 1.82) is 0 Å². The first-order chi connectivity index (χ1) is 51.2. The Morgan fingerprint density at radius 3 is 0.670 bits per heavy atom. The quantitative estimate of drug-likeness (QED) is 0.0222. The summed E-state index contributed by atoms with van der Waals surface area (Å²) < 4.78 is 68.9. The smallest absolute Gasteiger partial charge is 0.462 e. The van der Waals surface area contributed by atoms with Crippen LogP contribution in [-0.4, -0.2) is 96.7 Å². The van der Waals surface area contributed by atoms with Gasteiger partial charge in [0.25, 0.3) is 0 Å². The van der Waals surface area contributed by atoms with Crippen molar-refractivity contribution >= 4 is 39.5 Å². The molecule has 0 aliphatic rings. The number of esters is 4. The minimum atomic E-state index is -4.96. The second kappa shape index (κ2) is 75.7. The number of phosphoric acid groups is 2. The Bertz CT molecular complexity index is 2060. The summed E-state index contributed by atoms with van der Waals surface area (Å²) in [4.78, 5) is 73.2. The maximum absolute atomic E-state index is 13.1. The SMILES string of the molecule is CCC(C)CCCCCCCCCCCCCCCCCCCCC(=O)O[C@H](COC(=O)CCCCCCCCCCCC(C)C)COP(=O)(O)OCC(O)COP(=O)(O)OC[C@@H](COC(=O)CCCCCCCCCC(C)C)OC(=O)CCCCCCCCCCCCCCCCCCCCC(C)CC. The van der Waals surface area contributed by atoms with Crippen LogP contribution in [0.15, 0.2) is 0 Å². The van der Waals surface area contributed by atoms with Crippen LogP contribution in [0, 0.1) is 23.7 Å². The van der Waals surface area contributed by atoms with E-state index in [2.05, 4.69) is 55.4 Å². The third kappa shape index (κ3) is 77.4. The number of rotatable bonds is 84. The van der Waals surface area contributed by atoms with Crippen molar-refractivity contribution in [2.24, 2.45) is 23.7 Å².